The fourth-order valence-electron chi connectivity index (χ4n) is 2.90. The Labute approximate surface area is 110 Å². The van der Waals surface area contributed by atoms with Crippen LogP contribution in [-0.4, -0.2) is 20.1 Å². The molecule has 0 amide bonds. The Morgan fingerprint density at radius 1 is 1.39 bits per heavy atom. The second-order valence-corrected chi connectivity index (χ2v) is 5.87. The molecular formula is C16H24N2. The Hall–Kier alpha value is -1.02. The zero-order valence-corrected chi connectivity index (χ0v) is 11.6. The van der Waals surface area contributed by atoms with Crippen LogP contribution in [0.25, 0.3) is 0 Å². The summed E-state index contributed by atoms with van der Waals surface area (Å²) in [7, 11) is 2.03. The summed E-state index contributed by atoms with van der Waals surface area (Å²) in [6.45, 7) is 4.71. The van der Waals surface area contributed by atoms with Crippen molar-refractivity contribution in [1.82, 2.24) is 5.32 Å². The molecule has 1 heterocycles. The number of fused-ring (bicyclic) bond motifs is 1. The van der Waals surface area contributed by atoms with Gasteiger partial charge in [-0.15, -0.1) is 0 Å². The molecule has 18 heavy (non-hydrogen) atoms. The van der Waals surface area contributed by atoms with E-state index in [0.29, 0.717) is 6.04 Å². The van der Waals surface area contributed by atoms with E-state index in [0.717, 1.165) is 5.92 Å². The molecule has 1 atom stereocenters. The lowest BCUT2D eigenvalue weighted by Gasteiger charge is -2.20. The van der Waals surface area contributed by atoms with E-state index >= 15 is 0 Å². The molecule has 3 rings (SSSR count). The maximum absolute atomic E-state index is 3.32. The zero-order chi connectivity index (χ0) is 12.5. The summed E-state index contributed by atoms with van der Waals surface area (Å²) in [6.07, 6.45) is 5.57. The van der Waals surface area contributed by atoms with E-state index in [1.807, 2.05) is 7.05 Å². The molecule has 0 aromatic heterocycles. The Kier molecular flexibility index (Phi) is 3.29. The van der Waals surface area contributed by atoms with Crippen molar-refractivity contribution in [2.24, 2.45) is 5.92 Å². The highest BCUT2D eigenvalue weighted by atomic mass is 15.1. The number of benzene rings is 1. The van der Waals surface area contributed by atoms with Gasteiger partial charge in [0.1, 0.15) is 0 Å². The summed E-state index contributed by atoms with van der Waals surface area (Å²) in [5, 5.41) is 3.32. The van der Waals surface area contributed by atoms with Gasteiger partial charge in [0.05, 0.1) is 0 Å². The fraction of sp³-hybridized carbons (Fsp3) is 0.625. The molecule has 1 N–H and O–H groups in total. The highest BCUT2D eigenvalue weighted by molar-refractivity contribution is 5.59. The summed E-state index contributed by atoms with van der Waals surface area (Å²) >= 11 is 0. The standard InChI is InChI=1S/C16H24N2/c1-12(17-2)14-5-6-16-15(11-14)8-10-18(16)9-7-13-3-4-13/h5-6,11-13,17H,3-4,7-10H2,1-2H3. The summed E-state index contributed by atoms with van der Waals surface area (Å²) < 4.78 is 0. The number of anilines is 1. The van der Waals surface area contributed by atoms with E-state index < -0.39 is 0 Å². The van der Waals surface area contributed by atoms with Crippen LogP contribution in [0, 0.1) is 5.92 Å². The van der Waals surface area contributed by atoms with Crippen molar-refractivity contribution >= 4 is 5.69 Å². The molecule has 1 fully saturated rings. The third-order valence-electron chi connectivity index (χ3n) is 4.53. The molecule has 0 radical (unpaired) electrons. The van der Waals surface area contributed by atoms with E-state index in [4.69, 9.17) is 0 Å². The van der Waals surface area contributed by atoms with Crippen molar-refractivity contribution < 1.29 is 0 Å². The molecular weight excluding hydrogens is 220 g/mol. The second-order valence-electron chi connectivity index (χ2n) is 5.87. The van der Waals surface area contributed by atoms with Gasteiger partial charge in [-0.1, -0.05) is 25.0 Å². The van der Waals surface area contributed by atoms with E-state index in [9.17, 15) is 0 Å². The van der Waals surface area contributed by atoms with E-state index in [2.05, 4.69) is 35.3 Å². The molecule has 0 spiro atoms. The number of nitrogens with zero attached hydrogens (tertiary/aromatic N) is 1. The SMILES string of the molecule is CNC(C)c1ccc2c(c1)CCN2CCC1CC1. The molecule has 98 valence electrons. The van der Waals surface area contributed by atoms with Crippen LogP contribution >= 0.6 is 0 Å². The Balaban J connectivity index is 1.71. The largest absolute Gasteiger partial charge is 0.371 e. The van der Waals surface area contributed by atoms with Crippen molar-refractivity contribution in [2.75, 3.05) is 25.0 Å². The highest BCUT2D eigenvalue weighted by Gasteiger charge is 2.24. The minimum Gasteiger partial charge on any atom is -0.371 e. The van der Waals surface area contributed by atoms with Gasteiger partial charge >= 0.3 is 0 Å². The average molecular weight is 244 g/mol. The zero-order valence-electron chi connectivity index (χ0n) is 11.6. The van der Waals surface area contributed by atoms with Crippen molar-refractivity contribution in [3.05, 3.63) is 29.3 Å². The molecule has 1 aromatic rings. The van der Waals surface area contributed by atoms with Crippen LogP contribution in [0.2, 0.25) is 0 Å². The lowest BCUT2D eigenvalue weighted by molar-refractivity contribution is 0.652. The normalized spacial score (nSPS) is 20.0. The molecule has 2 aliphatic rings. The van der Waals surface area contributed by atoms with Crippen molar-refractivity contribution in [3.63, 3.8) is 0 Å². The van der Waals surface area contributed by atoms with Crippen LogP contribution in [0.5, 0.6) is 0 Å². The Morgan fingerprint density at radius 3 is 2.94 bits per heavy atom. The summed E-state index contributed by atoms with van der Waals surface area (Å²) in [4.78, 5) is 2.58. The number of nitrogens with one attached hydrogen (secondary N) is 1. The van der Waals surface area contributed by atoms with Crippen LogP contribution in [0.15, 0.2) is 18.2 Å². The summed E-state index contributed by atoms with van der Waals surface area (Å²) in [5.74, 6) is 1.04. The van der Waals surface area contributed by atoms with Crippen LogP contribution in [0.4, 0.5) is 5.69 Å². The molecule has 2 heteroatoms. The van der Waals surface area contributed by atoms with Crippen molar-refractivity contribution in [2.45, 2.75) is 38.6 Å². The quantitative estimate of drug-likeness (QED) is 0.856. The van der Waals surface area contributed by atoms with Gasteiger partial charge in [-0.05, 0) is 49.9 Å². The third-order valence-corrected chi connectivity index (χ3v) is 4.53. The topological polar surface area (TPSA) is 15.3 Å². The molecule has 1 unspecified atom stereocenters. The molecule has 1 aromatic carbocycles. The Bertz CT molecular complexity index is 423. The lowest BCUT2D eigenvalue weighted by Crippen LogP contribution is -2.22. The number of hydrogen-bond donors (Lipinski definition) is 1. The molecule has 0 saturated heterocycles. The average Bonchev–Trinajstić information content (AvgIpc) is 3.15. The molecule has 1 aliphatic carbocycles. The second kappa shape index (κ2) is 4.93. The van der Waals surface area contributed by atoms with E-state index in [1.165, 1.54) is 50.0 Å². The highest BCUT2D eigenvalue weighted by Crippen LogP contribution is 2.35. The predicted octanol–water partition coefficient (Wildman–Crippen LogP) is 3.13. The van der Waals surface area contributed by atoms with Crippen LogP contribution in [0.1, 0.15) is 43.4 Å². The maximum Gasteiger partial charge on any atom is 0.0399 e. The van der Waals surface area contributed by atoms with Gasteiger partial charge in [0, 0.05) is 24.8 Å². The third kappa shape index (κ3) is 2.39. The van der Waals surface area contributed by atoms with Gasteiger partial charge < -0.3 is 10.2 Å². The van der Waals surface area contributed by atoms with Gasteiger partial charge in [0.2, 0.25) is 0 Å². The van der Waals surface area contributed by atoms with Crippen molar-refractivity contribution in [3.8, 4) is 0 Å². The van der Waals surface area contributed by atoms with Crippen LogP contribution in [0.3, 0.4) is 0 Å². The van der Waals surface area contributed by atoms with Gasteiger partial charge in [-0.25, -0.2) is 0 Å². The van der Waals surface area contributed by atoms with E-state index in [1.54, 1.807) is 5.56 Å². The predicted molar refractivity (Wildman–Crippen MR) is 77.2 cm³/mol. The summed E-state index contributed by atoms with van der Waals surface area (Å²) in [5.41, 5.74) is 4.45. The van der Waals surface area contributed by atoms with Crippen molar-refractivity contribution in [1.29, 1.82) is 0 Å². The molecule has 0 bridgehead atoms. The molecule has 2 nitrogen and oxygen atoms in total. The summed E-state index contributed by atoms with van der Waals surface area (Å²) in [6, 6.07) is 7.47. The smallest absolute Gasteiger partial charge is 0.0399 e. The van der Waals surface area contributed by atoms with Crippen LogP contribution < -0.4 is 10.2 Å². The number of rotatable bonds is 5. The first kappa shape index (κ1) is 12.0. The first-order valence-electron chi connectivity index (χ1n) is 7.33. The minimum absolute atomic E-state index is 0.454. The van der Waals surface area contributed by atoms with Crippen LogP contribution in [-0.2, 0) is 6.42 Å². The first-order chi connectivity index (χ1) is 8.78. The molecule has 1 saturated carbocycles. The first-order valence-corrected chi connectivity index (χ1v) is 7.33. The molecule has 1 aliphatic heterocycles. The van der Waals surface area contributed by atoms with Gasteiger partial charge in [0.15, 0.2) is 0 Å². The maximum atomic E-state index is 3.32. The van der Waals surface area contributed by atoms with Gasteiger partial charge in [-0.2, -0.15) is 0 Å². The van der Waals surface area contributed by atoms with Gasteiger partial charge in [-0.3, -0.25) is 0 Å². The Morgan fingerprint density at radius 2 is 2.22 bits per heavy atom. The fourth-order valence-corrected chi connectivity index (χ4v) is 2.90. The van der Waals surface area contributed by atoms with E-state index in [-0.39, 0.29) is 0 Å². The monoisotopic (exact) mass is 244 g/mol. The lowest BCUT2D eigenvalue weighted by atomic mass is 10.0. The number of hydrogen-bond acceptors (Lipinski definition) is 2. The van der Waals surface area contributed by atoms with Gasteiger partial charge in [0.25, 0.3) is 0 Å². The minimum atomic E-state index is 0.454.